The van der Waals surface area contributed by atoms with Crippen molar-refractivity contribution in [1.82, 2.24) is 0 Å². The first-order valence-corrected chi connectivity index (χ1v) is 8.74. The van der Waals surface area contributed by atoms with Crippen LogP contribution < -0.4 is 0 Å². The molecule has 69 valence electrons. The number of carbonyl (C=O) groups is 5. The molecule has 0 atom stereocenters. The maximum absolute atomic E-state index is 10.5. The Morgan fingerprint density at radius 1 is 0.667 bits per heavy atom. The molecule has 7 heteroatoms. The van der Waals surface area contributed by atoms with Gasteiger partial charge in [0.15, 0.2) is 0 Å². The number of halogens is 1. The molecule has 0 aliphatic rings. The van der Waals surface area contributed by atoms with Crippen LogP contribution >= 0.6 is 14.1 Å². The van der Waals surface area contributed by atoms with Crippen LogP contribution in [0.4, 0.5) is 0 Å². The van der Waals surface area contributed by atoms with Crippen molar-refractivity contribution < 1.29 is 32.9 Å². The van der Waals surface area contributed by atoms with Crippen LogP contribution in [0.3, 0.4) is 0 Å². The van der Waals surface area contributed by atoms with Crippen LogP contribution in [0.1, 0.15) is 0 Å². The van der Waals surface area contributed by atoms with E-state index in [0.29, 0.717) is 0 Å². The Hall–Kier alpha value is -0.651. The molecule has 0 N–H and O–H groups in total. The zero-order valence-electron chi connectivity index (χ0n) is 5.68. The summed E-state index contributed by atoms with van der Waals surface area (Å²) in [6.45, 7) is 0. The van der Waals surface area contributed by atoms with Crippen LogP contribution in [-0.4, -0.2) is 25.9 Å². The maximum atomic E-state index is 10.5. The van der Waals surface area contributed by atoms with Gasteiger partial charge in [0.2, 0.25) is 0 Å². The first kappa shape index (κ1) is 11.3. The summed E-state index contributed by atoms with van der Waals surface area (Å²) in [6, 6.07) is 0. The average molecular weight is 280 g/mol. The summed E-state index contributed by atoms with van der Waals surface area (Å²) in [4.78, 5) is 52.5. The van der Waals surface area contributed by atoms with Crippen LogP contribution in [0, 0.1) is 0 Å². The second-order valence-electron chi connectivity index (χ2n) is 2.12. The van der Waals surface area contributed by atoms with E-state index in [1.807, 2.05) is 0 Å². The molecule has 12 heavy (non-hydrogen) atoms. The van der Waals surface area contributed by atoms with Crippen molar-refractivity contribution in [3.05, 3.63) is 0 Å². The van der Waals surface area contributed by atoms with Gasteiger partial charge in [-0.15, -0.1) is 0 Å². The van der Waals surface area contributed by atoms with E-state index in [9.17, 15) is 24.0 Å². The predicted octanol–water partition coefficient (Wildman–Crippen LogP) is -0.527. The topological polar surface area (TPSA) is 85.3 Å². The molecule has 0 bridgehead atoms. The molecule has 0 aromatic rings. The molecule has 0 spiro atoms. The zero-order valence-corrected chi connectivity index (χ0v) is 8.45. The monoisotopic (exact) mass is 279 g/mol. The van der Waals surface area contributed by atoms with Crippen molar-refractivity contribution in [2.24, 2.45) is 0 Å². The summed E-state index contributed by atoms with van der Waals surface area (Å²) >= 11 is 2.41. The van der Waals surface area contributed by atoms with Crippen LogP contribution in [0.2, 0.25) is 0 Å². The third kappa shape index (κ3) is 1.10. The van der Waals surface area contributed by atoms with Gasteiger partial charge in [0.05, 0.1) is 0 Å². The predicted molar refractivity (Wildman–Crippen MR) is 42.7 cm³/mol. The number of hydrogen-bond donors (Lipinski definition) is 0. The molecule has 0 unspecified atom stereocenters. The van der Waals surface area contributed by atoms with Crippen molar-refractivity contribution in [3.63, 3.8) is 0 Å². The van der Waals surface area contributed by atoms with Gasteiger partial charge in [-0.1, -0.05) is 0 Å². The van der Waals surface area contributed by atoms with Gasteiger partial charge in [0, 0.05) is 0 Å². The summed E-state index contributed by atoms with van der Waals surface area (Å²) in [7, 11) is -5.68. The Morgan fingerprint density at radius 3 is 0.833 bits per heavy atom. The van der Waals surface area contributed by atoms with Crippen LogP contribution in [0.15, 0.2) is 0 Å². The fraction of sp³-hybridized carbons (Fsp3) is 0. The second-order valence-corrected chi connectivity index (χ2v) is 15.9. The first-order valence-electron chi connectivity index (χ1n) is 2.41. The van der Waals surface area contributed by atoms with E-state index in [4.69, 9.17) is 0 Å². The molecule has 0 rings (SSSR count). The van der Waals surface area contributed by atoms with Crippen LogP contribution in [-0.2, 0) is 32.9 Å². The molecule has 0 fully saturated rings. The fourth-order valence-corrected chi connectivity index (χ4v) is 0.866. The van der Waals surface area contributed by atoms with Crippen molar-refractivity contribution in [1.29, 1.82) is 0 Å². The minimum absolute atomic E-state index is 0.198. The Morgan fingerprint density at radius 2 is 0.833 bits per heavy atom. The van der Waals surface area contributed by atoms with E-state index in [1.165, 1.54) is 0 Å². The molecule has 5 nitrogen and oxygen atoms in total. The normalized spacial score (nSPS) is 16.4. The van der Waals surface area contributed by atoms with Gasteiger partial charge in [0.25, 0.3) is 0 Å². The van der Waals surface area contributed by atoms with Gasteiger partial charge >= 0.3 is 72.9 Å². The SMILES string of the molecule is O=[CH][Mn]([Br])([CH]=O)([CH]=O)([CH]=O)[CH]=O. The summed E-state index contributed by atoms with van der Waals surface area (Å²) in [5.74, 6) is 0. The quantitative estimate of drug-likeness (QED) is 0.499. The third-order valence-corrected chi connectivity index (χ3v) is 7.85. The van der Waals surface area contributed by atoms with Crippen LogP contribution in [0.5, 0.6) is 0 Å². The van der Waals surface area contributed by atoms with Gasteiger partial charge in [-0.25, -0.2) is 0 Å². The van der Waals surface area contributed by atoms with Crippen LogP contribution in [0.25, 0.3) is 0 Å². The van der Waals surface area contributed by atoms with Gasteiger partial charge in [-0.05, 0) is 0 Å². The molecule has 0 heterocycles. The molecule has 0 radical (unpaired) electrons. The summed E-state index contributed by atoms with van der Waals surface area (Å²) in [5.41, 5.74) is 0. The molecule has 0 aromatic carbocycles. The Kier molecular flexibility index (Phi) is 2.29. The molecule has 0 saturated heterocycles. The van der Waals surface area contributed by atoms with Crippen molar-refractivity contribution in [2.45, 2.75) is 0 Å². The van der Waals surface area contributed by atoms with E-state index < -0.39 is 8.93 Å². The fourth-order valence-electron chi connectivity index (χ4n) is 0.210. The van der Waals surface area contributed by atoms with E-state index in [0.717, 1.165) is 0 Å². The Bertz CT molecular complexity index is 225. The van der Waals surface area contributed by atoms with E-state index in [1.54, 1.807) is 0 Å². The Balaban J connectivity index is 6.15. The summed E-state index contributed by atoms with van der Waals surface area (Å²) < 4.78 is 0. The molecular weight excluding hydrogens is 275 g/mol. The first-order chi connectivity index (χ1) is 5.39. The van der Waals surface area contributed by atoms with E-state index >= 15 is 0 Å². The van der Waals surface area contributed by atoms with Crippen molar-refractivity contribution in [3.8, 4) is 0 Å². The van der Waals surface area contributed by atoms with Gasteiger partial charge < -0.3 is 0 Å². The molecule has 0 amide bonds. The number of carbonyl (C=O) groups excluding carboxylic acids is 5. The molecular formula is C5H5BrMnO5. The number of rotatable bonds is 5. The van der Waals surface area contributed by atoms with Crippen molar-refractivity contribution >= 4 is 40.0 Å². The molecule has 0 aromatic heterocycles. The van der Waals surface area contributed by atoms with Crippen molar-refractivity contribution in [2.75, 3.05) is 0 Å². The minimum atomic E-state index is -5.68. The number of hydrogen-bond acceptors (Lipinski definition) is 5. The molecule has 0 saturated carbocycles. The standard InChI is InChI=1S/5CHO.BrH.Mn/c5*1-2;;/h5*1H;1H;/q;;;;;;+1/p-1. The molecule has 0 aliphatic heterocycles. The second kappa shape index (κ2) is 2.42. The zero-order chi connectivity index (χ0) is 9.94. The van der Waals surface area contributed by atoms with Gasteiger partial charge in [-0.3, -0.25) is 0 Å². The summed E-state index contributed by atoms with van der Waals surface area (Å²) in [5, 5.41) is -0.990. The molecule has 0 aliphatic carbocycles. The van der Waals surface area contributed by atoms with E-state index in [2.05, 4.69) is 14.1 Å². The van der Waals surface area contributed by atoms with Gasteiger partial charge in [-0.2, -0.15) is 0 Å². The average Bonchev–Trinajstić information content (AvgIpc) is 2.19. The third-order valence-electron chi connectivity index (χ3n) is 1.20. The van der Waals surface area contributed by atoms with E-state index in [-0.39, 0.29) is 25.9 Å². The summed E-state index contributed by atoms with van der Waals surface area (Å²) in [6.07, 6.45) is 0. The Labute approximate surface area is 73.1 Å². The van der Waals surface area contributed by atoms with Gasteiger partial charge in [0.1, 0.15) is 0 Å².